The molecule has 0 saturated carbocycles. The van der Waals surface area contributed by atoms with Crippen molar-refractivity contribution >= 4 is 21.8 Å². The molecule has 0 spiro atoms. The Morgan fingerprint density at radius 1 is 1.06 bits per heavy atom. The van der Waals surface area contributed by atoms with Gasteiger partial charge in [0.1, 0.15) is 5.75 Å². The van der Waals surface area contributed by atoms with E-state index in [2.05, 4.69) is 15.1 Å². The second-order valence-corrected chi connectivity index (χ2v) is 8.08. The van der Waals surface area contributed by atoms with Crippen LogP contribution in [-0.2, 0) is 7.05 Å². The minimum atomic E-state index is -1.39. The number of aromatic nitrogens is 5. The van der Waals surface area contributed by atoms with Crippen LogP contribution in [0.15, 0.2) is 65.8 Å². The summed E-state index contributed by atoms with van der Waals surface area (Å²) < 4.78 is 27.7. The molecule has 0 fully saturated rings. The van der Waals surface area contributed by atoms with E-state index in [4.69, 9.17) is 9.47 Å². The average molecular weight is 474 g/mol. The number of aryl methyl sites for hydroxylation is 1. The van der Waals surface area contributed by atoms with Crippen molar-refractivity contribution in [3.63, 3.8) is 0 Å². The normalized spacial score (nSPS) is 12.2. The van der Waals surface area contributed by atoms with Crippen molar-refractivity contribution in [2.75, 3.05) is 6.61 Å². The van der Waals surface area contributed by atoms with Crippen molar-refractivity contribution in [3.8, 4) is 28.6 Å². The summed E-state index contributed by atoms with van der Waals surface area (Å²) in [6.07, 6.45) is 4.12. The second kappa shape index (κ2) is 9.17. The second-order valence-electron chi connectivity index (χ2n) is 8.08. The summed E-state index contributed by atoms with van der Waals surface area (Å²) in [6.45, 7) is 3.95. The third-order valence-corrected chi connectivity index (χ3v) is 5.61. The first-order valence-corrected chi connectivity index (χ1v) is 11.4. The molecule has 0 radical (unpaired) electrons. The number of hydrogen-bond acceptors (Lipinski definition) is 6. The Kier molecular flexibility index (Phi) is 5.90. The molecule has 5 rings (SSSR count). The summed E-state index contributed by atoms with van der Waals surface area (Å²) in [5.41, 5.74) is 2.75. The first kappa shape index (κ1) is 22.5. The Morgan fingerprint density at radius 3 is 2.60 bits per heavy atom. The highest BCUT2D eigenvalue weighted by Crippen LogP contribution is 2.28. The predicted molar refractivity (Wildman–Crippen MR) is 132 cm³/mol. The van der Waals surface area contributed by atoms with Gasteiger partial charge >= 0.3 is 6.01 Å². The predicted octanol–water partition coefficient (Wildman–Crippen LogP) is 4.82. The van der Waals surface area contributed by atoms with E-state index in [-0.39, 0.29) is 18.0 Å². The van der Waals surface area contributed by atoms with Gasteiger partial charge in [-0.1, -0.05) is 19.1 Å². The van der Waals surface area contributed by atoms with Crippen molar-refractivity contribution in [1.82, 2.24) is 24.3 Å². The monoisotopic (exact) mass is 473 g/mol. The zero-order valence-corrected chi connectivity index (χ0v) is 19.6. The van der Waals surface area contributed by atoms with E-state index < -0.39 is 6.36 Å². The van der Waals surface area contributed by atoms with Crippen LogP contribution in [0.25, 0.3) is 38.6 Å². The summed E-state index contributed by atoms with van der Waals surface area (Å²) in [5.74, 6) is 0.385. The van der Waals surface area contributed by atoms with Gasteiger partial charge in [0.25, 0.3) is 5.56 Å². The van der Waals surface area contributed by atoms with Gasteiger partial charge in [-0.3, -0.25) is 14.0 Å². The summed E-state index contributed by atoms with van der Waals surface area (Å²) in [7, 11) is 1.85. The minimum absolute atomic E-state index is 0.193. The lowest BCUT2D eigenvalue weighted by Gasteiger charge is -2.14. The number of benzene rings is 2. The van der Waals surface area contributed by atoms with Gasteiger partial charge in [-0.2, -0.15) is 10.1 Å². The highest BCUT2D eigenvalue weighted by Gasteiger charge is 2.17. The van der Waals surface area contributed by atoms with Gasteiger partial charge in [0.15, 0.2) is 0 Å². The zero-order valence-electron chi connectivity index (χ0n) is 19.6. The van der Waals surface area contributed by atoms with Crippen molar-refractivity contribution in [1.29, 1.82) is 0 Å². The molecule has 0 aliphatic rings. The first-order valence-electron chi connectivity index (χ1n) is 11.4. The van der Waals surface area contributed by atoms with Gasteiger partial charge in [0.2, 0.25) is 6.36 Å². The van der Waals surface area contributed by atoms with Crippen LogP contribution in [0.2, 0.25) is 0 Å². The van der Waals surface area contributed by atoms with Crippen molar-refractivity contribution in [2.24, 2.45) is 7.05 Å². The Labute approximate surface area is 200 Å². The summed E-state index contributed by atoms with van der Waals surface area (Å²) in [6, 6.07) is 12.6. The molecular formula is C26H24FN5O3. The quantitative estimate of drug-likeness (QED) is 0.337. The molecule has 0 amide bonds. The molecule has 178 valence electrons. The molecule has 3 heterocycles. The van der Waals surface area contributed by atoms with Crippen LogP contribution >= 0.6 is 0 Å². The smallest absolute Gasteiger partial charge is 0.316 e. The lowest BCUT2D eigenvalue weighted by Crippen LogP contribution is -2.20. The number of pyridine rings is 1. The van der Waals surface area contributed by atoms with Gasteiger partial charge in [-0.25, -0.2) is 9.37 Å². The zero-order chi connectivity index (χ0) is 24.5. The first-order chi connectivity index (χ1) is 17.0. The molecule has 1 atom stereocenters. The number of alkyl halides is 1. The molecule has 1 unspecified atom stereocenters. The summed E-state index contributed by atoms with van der Waals surface area (Å²) in [4.78, 5) is 22.7. The van der Waals surface area contributed by atoms with E-state index in [1.165, 1.54) is 0 Å². The van der Waals surface area contributed by atoms with E-state index in [0.717, 1.165) is 10.9 Å². The number of nitrogens with zero attached hydrogens (tertiary/aromatic N) is 5. The fourth-order valence-electron chi connectivity index (χ4n) is 3.96. The number of ether oxygens (including phenoxy) is 2. The third kappa shape index (κ3) is 4.32. The minimum Gasteiger partial charge on any atom is -0.464 e. The van der Waals surface area contributed by atoms with Gasteiger partial charge in [0, 0.05) is 48.5 Å². The standard InChI is InChI=1S/C26H24FN5O3/c1-4-22(27)35-20-9-6-16(7-10-20)23-24-18(13-28-26(29-24)34-5-2)15-32(25(23)33)19-8-11-21-17(12-19)14-31(3)30-21/h6-15,22H,4-5H2,1-3H3. The van der Waals surface area contributed by atoms with Crippen molar-refractivity contribution in [2.45, 2.75) is 26.6 Å². The van der Waals surface area contributed by atoms with Crippen LogP contribution in [0.1, 0.15) is 20.3 Å². The highest BCUT2D eigenvalue weighted by molar-refractivity contribution is 5.93. The van der Waals surface area contributed by atoms with Crippen molar-refractivity contribution < 1.29 is 13.9 Å². The molecular weight excluding hydrogens is 449 g/mol. The van der Waals surface area contributed by atoms with Crippen LogP contribution in [-0.4, -0.2) is 37.3 Å². The highest BCUT2D eigenvalue weighted by atomic mass is 19.1. The number of rotatable bonds is 7. The van der Waals surface area contributed by atoms with Gasteiger partial charge < -0.3 is 9.47 Å². The third-order valence-electron chi connectivity index (χ3n) is 5.61. The van der Waals surface area contributed by atoms with E-state index in [1.807, 2.05) is 38.4 Å². The van der Waals surface area contributed by atoms with E-state index in [9.17, 15) is 9.18 Å². The number of fused-ring (bicyclic) bond motifs is 2. The Morgan fingerprint density at radius 2 is 1.86 bits per heavy atom. The number of halogens is 1. The van der Waals surface area contributed by atoms with Crippen molar-refractivity contribution in [3.05, 3.63) is 71.4 Å². The maximum atomic E-state index is 13.9. The molecule has 0 saturated heterocycles. The topological polar surface area (TPSA) is 84.1 Å². The Bertz CT molecular complexity index is 1580. The van der Waals surface area contributed by atoms with Gasteiger partial charge in [0.05, 0.1) is 23.2 Å². The Hall–Kier alpha value is -4.27. The fraction of sp³-hybridized carbons (Fsp3) is 0.231. The lowest BCUT2D eigenvalue weighted by atomic mass is 10.0. The molecule has 0 N–H and O–H groups in total. The lowest BCUT2D eigenvalue weighted by molar-refractivity contribution is 0.0642. The van der Waals surface area contributed by atoms with Crippen LogP contribution < -0.4 is 15.0 Å². The molecule has 0 bridgehead atoms. The molecule has 8 nitrogen and oxygen atoms in total. The van der Waals surface area contributed by atoms with E-state index in [1.54, 1.807) is 52.8 Å². The molecule has 35 heavy (non-hydrogen) atoms. The number of hydrogen-bond donors (Lipinski definition) is 0. The van der Waals surface area contributed by atoms with E-state index >= 15 is 0 Å². The van der Waals surface area contributed by atoms with Crippen LogP contribution in [0.5, 0.6) is 11.8 Å². The maximum Gasteiger partial charge on any atom is 0.316 e. The van der Waals surface area contributed by atoms with Gasteiger partial charge in [-0.05, 0) is 42.8 Å². The maximum absolute atomic E-state index is 13.9. The molecule has 5 aromatic rings. The van der Waals surface area contributed by atoms with E-state index in [0.29, 0.717) is 40.1 Å². The largest absolute Gasteiger partial charge is 0.464 e. The Balaban J connectivity index is 1.71. The van der Waals surface area contributed by atoms with Crippen LogP contribution in [0.4, 0.5) is 4.39 Å². The average Bonchev–Trinajstić information content (AvgIpc) is 3.24. The fourth-order valence-corrected chi connectivity index (χ4v) is 3.96. The van der Waals surface area contributed by atoms with Gasteiger partial charge in [-0.15, -0.1) is 0 Å². The molecule has 3 aromatic heterocycles. The summed E-state index contributed by atoms with van der Waals surface area (Å²) >= 11 is 0. The molecule has 0 aliphatic heterocycles. The van der Waals surface area contributed by atoms with Crippen LogP contribution in [0.3, 0.4) is 0 Å². The molecule has 2 aromatic carbocycles. The summed E-state index contributed by atoms with van der Waals surface area (Å²) in [5, 5.41) is 5.99. The molecule has 9 heteroatoms. The van der Waals surface area contributed by atoms with Crippen LogP contribution in [0, 0.1) is 0 Å². The molecule has 0 aliphatic carbocycles. The SMILES string of the molecule is CCOc1ncc2cn(-c3ccc4nn(C)cc4c3)c(=O)c(-c3ccc(OC(F)CC)cc3)c2n1.